The quantitative estimate of drug-likeness (QED) is 0.702. The average Bonchev–Trinajstić information content (AvgIpc) is 2.28. The van der Waals surface area contributed by atoms with Crippen LogP contribution in [0.4, 0.5) is 0 Å². The molecule has 96 valence electrons. The Morgan fingerprint density at radius 3 is 2.00 bits per heavy atom. The Hall–Kier alpha value is -0.570. The molecule has 3 heteroatoms. The topological polar surface area (TPSA) is 55.1 Å². The molecule has 3 nitrogen and oxygen atoms in total. The van der Waals surface area contributed by atoms with Crippen molar-refractivity contribution in [3.63, 3.8) is 0 Å². The lowest BCUT2D eigenvalue weighted by Crippen LogP contribution is -2.49. The highest BCUT2D eigenvalue weighted by Crippen LogP contribution is 2.13. The van der Waals surface area contributed by atoms with Gasteiger partial charge in [0.15, 0.2) is 0 Å². The second kappa shape index (κ2) is 7.66. The van der Waals surface area contributed by atoms with Crippen LogP contribution < -0.4 is 11.1 Å². The predicted octanol–water partition coefficient (Wildman–Crippen LogP) is 2.30. The van der Waals surface area contributed by atoms with Gasteiger partial charge in [0.25, 0.3) is 0 Å². The van der Waals surface area contributed by atoms with Crippen LogP contribution in [-0.2, 0) is 4.79 Å². The van der Waals surface area contributed by atoms with E-state index in [0.717, 1.165) is 19.3 Å². The lowest BCUT2D eigenvalue weighted by atomic mass is 9.94. The van der Waals surface area contributed by atoms with Crippen LogP contribution in [0.3, 0.4) is 0 Å². The minimum Gasteiger partial charge on any atom is -0.352 e. The molecule has 0 aromatic rings. The number of hydrogen-bond acceptors (Lipinski definition) is 2. The Bertz CT molecular complexity index is 202. The van der Waals surface area contributed by atoms with Crippen LogP contribution in [0.15, 0.2) is 0 Å². The number of nitrogens with one attached hydrogen (secondary N) is 1. The molecule has 0 rings (SSSR count). The number of carbonyl (C=O) groups is 1. The van der Waals surface area contributed by atoms with E-state index in [2.05, 4.69) is 33.0 Å². The summed E-state index contributed by atoms with van der Waals surface area (Å²) in [6.45, 7) is 10.5. The van der Waals surface area contributed by atoms with E-state index in [0.29, 0.717) is 5.92 Å². The molecule has 3 unspecified atom stereocenters. The number of hydrogen-bond donors (Lipinski definition) is 2. The Morgan fingerprint density at radius 1 is 1.12 bits per heavy atom. The van der Waals surface area contributed by atoms with Crippen molar-refractivity contribution in [1.29, 1.82) is 0 Å². The SMILES string of the molecule is CCC(C)C(N)C(=O)NC(C)C(CC)CC. The molecule has 0 fully saturated rings. The van der Waals surface area contributed by atoms with Gasteiger partial charge in [0.1, 0.15) is 0 Å². The van der Waals surface area contributed by atoms with E-state index in [9.17, 15) is 4.79 Å². The molecular formula is C13H28N2O. The van der Waals surface area contributed by atoms with Crippen LogP contribution >= 0.6 is 0 Å². The number of carbonyl (C=O) groups excluding carboxylic acids is 1. The Kier molecular flexibility index (Phi) is 7.39. The van der Waals surface area contributed by atoms with Crippen molar-refractivity contribution in [1.82, 2.24) is 5.32 Å². The molecular weight excluding hydrogens is 200 g/mol. The van der Waals surface area contributed by atoms with Crippen molar-refractivity contribution in [2.24, 2.45) is 17.6 Å². The zero-order valence-corrected chi connectivity index (χ0v) is 11.4. The minimum atomic E-state index is -0.373. The lowest BCUT2D eigenvalue weighted by Gasteiger charge is -2.25. The summed E-state index contributed by atoms with van der Waals surface area (Å²) in [5.41, 5.74) is 5.89. The van der Waals surface area contributed by atoms with Crippen molar-refractivity contribution in [3.8, 4) is 0 Å². The molecule has 0 saturated carbocycles. The monoisotopic (exact) mass is 228 g/mol. The van der Waals surface area contributed by atoms with Crippen molar-refractivity contribution in [3.05, 3.63) is 0 Å². The minimum absolute atomic E-state index is 0.00579. The first-order valence-corrected chi connectivity index (χ1v) is 6.53. The molecule has 0 spiro atoms. The fourth-order valence-corrected chi connectivity index (χ4v) is 1.95. The Labute approximate surface area is 100 Å². The van der Waals surface area contributed by atoms with Gasteiger partial charge in [0.05, 0.1) is 6.04 Å². The number of nitrogens with two attached hydrogens (primary N) is 1. The second-order valence-corrected chi connectivity index (χ2v) is 4.79. The van der Waals surface area contributed by atoms with Gasteiger partial charge in [-0.25, -0.2) is 0 Å². The maximum atomic E-state index is 11.9. The molecule has 0 aromatic heterocycles. The molecule has 3 N–H and O–H groups in total. The van der Waals surface area contributed by atoms with Crippen LogP contribution in [0.5, 0.6) is 0 Å². The van der Waals surface area contributed by atoms with Gasteiger partial charge in [-0.1, -0.05) is 47.0 Å². The van der Waals surface area contributed by atoms with Gasteiger partial charge in [0.2, 0.25) is 5.91 Å². The van der Waals surface area contributed by atoms with E-state index in [-0.39, 0.29) is 23.9 Å². The predicted molar refractivity (Wildman–Crippen MR) is 69.1 cm³/mol. The highest BCUT2D eigenvalue weighted by atomic mass is 16.2. The van der Waals surface area contributed by atoms with E-state index in [4.69, 9.17) is 5.73 Å². The molecule has 16 heavy (non-hydrogen) atoms. The van der Waals surface area contributed by atoms with E-state index < -0.39 is 0 Å². The van der Waals surface area contributed by atoms with Crippen molar-refractivity contribution >= 4 is 5.91 Å². The molecule has 0 aliphatic carbocycles. The summed E-state index contributed by atoms with van der Waals surface area (Å²) in [6.07, 6.45) is 3.13. The molecule has 0 bridgehead atoms. The summed E-state index contributed by atoms with van der Waals surface area (Å²) < 4.78 is 0. The zero-order chi connectivity index (χ0) is 12.7. The fraction of sp³-hybridized carbons (Fsp3) is 0.923. The van der Waals surface area contributed by atoms with Gasteiger partial charge in [-0.2, -0.15) is 0 Å². The van der Waals surface area contributed by atoms with Crippen LogP contribution in [-0.4, -0.2) is 18.0 Å². The second-order valence-electron chi connectivity index (χ2n) is 4.79. The first-order chi connectivity index (χ1) is 7.47. The fourth-order valence-electron chi connectivity index (χ4n) is 1.95. The smallest absolute Gasteiger partial charge is 0.237 e. The third kappa shape index (κ3) is 4.52. The van der Waals surface area contributed by atoms with E-state index in [1.54, 1.807) is 0 Å². The van der Waals surface area contributed by atoms with Gasteiger partial charge in [-0.15, -0.1) is 0 Å². The van der Waals surface area contributed by atoms with E-state index in [1.165, 1.54) is 0 Å². The number of amides is 1. The highest BCUT2D eigenvalue weighted by molar-refractivity contribution is 5.82. The van der Waals surface area contributed by atoms with Gasteiger partial charge in [-0.3, -0.25) is 4.79 Å². The molecule has 0 aromatic carbocycles. The summed E-state index contributed by atoms with van der Waals surface area (Å²) in [5, 5.41) is 3.03. The first-order valence-electron chi connectivity index (χ1n) is 6.53. The standard InChI is InChI=1S/C13H28N2O/c1-6-9(4)12(14)13(16)15-10(5)11(7-2)8-3/h9-12H,6-8,14H2,1-5H3,(H,15,16). The van der Waals surface area contributed by atoms with Crippen LogP contribution in [0.1, 0.15) is 53.9 Å². The summed E-state index contributed by atoms with van der Waals surface area (Å²) in [5.74, 6) is 0.788. The van der Waals surface area contributed by atoms with Crippen LogP contribution in [0.2, 0.25) is 0 Å². The first kappa shape index (κ1) is 15.4. The summed E-state index contributed by atoms with van der Waals surface area (Å²) in [4.78, 5) is 11.9. The van der Waals surface area contributed by atoms with Gasteiger partial charge in [-0.05, 0) is 18.8 Å². The average molecular weight is 228 g/mol. The molecule has 0 heterocycles. The van der Waals surface area contributed by atoms with Crippen LogP contribution in [0, 0.1) is 11.8 Å². The normalized spacial score (nSPS) is 16.9. The van der Waals surface area contributed by atoms with Crippen molar-refractivity contribution < 1.29 is 4.79 Å². The Morgan fingerprint density at radius 2 is 1.62 bits per heavy atom. The molecule has 1 amide bonds. The summed E-state index contributed by atoms with van der Waals surface area (Å²) >= 11 is 0. The maximum absolute atomic E-state index is 11.9. The summed E-state index contributed by atoms with van der Waals surface area (Å²) in [6, 6.07) is -0.153. The van der Waals surface area contributed by atoms with E-state index >= 15 is 0 Å². The third-order valence-electron chi connectivity index (χ3n) is 3.69. The van der Waals surface area contributed by atoms with Gasteiger partial charge >= 0.3 is 0 Å². The largest absolute Gasteiger partial charge is 0.352 e. The maximum Gasteiger partial charge on any atom is 0.237 e. The van der Waals surface area contributed by atoms with E-state index in [1.807, 2.05) is 6.92 Å². The zero-order valence-electron chi connectivity index (χ0n) is 11.4. The Balaban J connectivity index is 4.22. The molecule has 3 atom stereocenters. The molecule has 0 saturated heterocycles. The van der Waals surface area contributed by atoms with Gasteiger partial charge < -0.3 is 11.1 Å². The molecule has 0 aliphatic rings. The molecule has 0 aliphatic heterocycles. The van der Waals surface area contributed by atoms with Crippen molar-refractivity contribution in [2.45, 2.75) is 66.0 Å². The molecule has 0 radical (unpaired) electrons. The summed E-state index contributed by atoms with van der Waals surface area (Å²) in [7, 11) is 0. The third-order valence-corrected chi connectivity index (χ3v) is 3.69. The van der Waals surface area contributed by atoms with Gasteiger partial charge in [0, 0.05) is 6.04 Å². The van der Waals surface area contributed by atoms with Crippen LogP contribution in [0.25, 0.3) is 0 Å². The van der Waals surface area contributed by atoms with Crippen molar-refractivity contribution in [2.75, 3.05) is 0 Å². The lowest BCUT2D eigenvalue weighted by molar-refractivity contribution is -0.124. The number of rotatable bonds is 7. The highest BCUT2D eigenvalue weighted by Gasteiger charge is 2.22.